The molecule has 120 valence electrons. The molecule has 4 rings (SSSR count). The van der Waals surface area contributed by atoms with Gasteiger partial charge >= 0.3 is 0 Å². The second-order valence-corrected chi connectivity index (χ2v) is 6.80. The maximum atomic E-state index is 6.45. The van der Waals surface area contributed by atoms with E-state index in [0.29, 0.717) is 5.92 Å². The van der Waals surface area contributed by atoms with Gasteiger partial charge in [-0.25, -0.2) is 0 Å². The van der Waals surface area contributed by atoms with E-state index in [1.165, 1.54) is 16.7 Å². The Morgan fingerprint density at radius 2 is 1.92 bits per heavy atom. The van der Waals surface area contributed by atoms with E-state index >= 15 is 0 Å². The lowest BCUT2D eigenvalue weighted by molar-refractivity contribution is 0.295. The lowest BCUT2D eigenvalue weighted by Crippen LogP contribution is -2.31. The number of hydrogen-bond acceptors (Lipinski definition) is 2. The fourth-order valence-electron chi connectivity index (χ4n) is 3.55. The van der Waals surface area contributed by atoms with Crippen molar-refractivity contribution in [2.75, 3.05) is 13.6 Å². The van der Waals surface area contributed by atoms with Crippen molar-refractivity contribution in [1.29, 1.82) is 0 Å². The van der Waals surface area contributed by atoms with Crippen LogP contribution in [0.3, 0.4) is 0 Å². The molecule has 0 fully saturated rings. The smallest absolute Gasteiger partial charge is 0.0702 e. The average Bonchev–Trinajstić information content (AvgIpc) is 2.63. The van der Waals surface area contributed by atoms with Gasteiger partial charge in [-0.2, -0.15) is 0 Å². The van der Waals surface area contributed by atoms with Crippen molar-refractivity contribution in [3.63, 3.8) is 0 Å². The average molecular weight is 335 g/mol. The molecule has 3 heteroatoms. The minimum absolute atomic E-state index is 0.334. The number of pyridine rings is 1. The van der Waals surface area contributed by atoms with Crippen LogP contribution in [0.25, 0.3) is 11.3 Å². The minimum Gasteiger partial charge on any atom is -0.301 e. The Labute approximate surface area is 147 Å². The van der Waals surface area contributed by atoms with Gasteiger partial charge in [-0.1, -0.05) is 48.0 Å². The van der Waals surface area contributed by atoms with Crippen molar-refractivity contribution in [2.24, 2.45) is 0 Å². The van der Waals surface area contributed by atoms with Crippen molar-refractivity contribution in [2.45, 2.75) is 12.5 Å². The first-order valence-electron chi connectivity index (χ1n) is 8.19. The Hall–Kier alpha value is -2.16. The Morgan fingerprint density at radius 1 is 1.04 bits per heavy atom. The van der Waals surface area contributed by atoms with Crippen molar-refractivity contribution < 1.29 is 0 Å². The molecule has 2 aromatic carbocycles. The third-order valence-electron chi connectivity index (χ3n) is 4.70. The Balaban J connectivity index is 1.79. The number of fused-ring (bicyclic) bond motifs is 1. The number of halogens is 1. The first-order chi connectivity index (χ1) is 11.7. The van der Waals surface area contributed by atoms with Gasteiger partial charge in [-0.15, -0.1) is 0 Å². The first kappa shape index (κ1) is 15.4. The van der Waals surface area contributed by atoms with Gasteiger partial charge < -0.3 is 4.90 Å². The van der Waals surface area contributed by atoms with Crippen molar-refractivity contribution in [1.82, 2.24) is 9.88 Å². The van der Waals surface area contributed by atoms with Crippen LogP contribution < -0.4 is 0 Å². The normalized spacial score (nSPS) is 17.5. The molecule has 0 aliphatic carbocycles. The zero-order valence-electron chi connectivity index (χ0n) is 13.6. The van der Waals surface area contributed by atoms with Crippen LogP contribution in [0, 0.1) is 0 Å². The van der Waals surface area contributed by atoms with Crippen molar-refractivity contribution >= 4 is 11.6 Å². The van der Waals surface area contributed by atoms with E-state index in [0.717, 1.165) is 29.4 Å². The summed E-state index contributed by atoms with van der Waals surface area (Å²) in [6.45, 7) is 1.91. The highest BCUT2D eigenvalue weighted by molar-refractivity contribution is 6.31. The molecule has 0 unspecified atom stereocenters. The quantitative estimate of drug-likeness (QED) is 0.657. The lowest BCUT2D eigenvalue weighted by atomic mass is 9.84. The first-order valence-corrected chi connectivity index (χ1v) is 8.57. The number of nitrogens with zero attached hydrogens (tertiary/aromatic N) is 2. The van der Waals surface area contributed by atoms with Crippen molar-refractivity contribution in [3.05, 3.63) is 88.6 Å². The van der Waals surface area contributed by atoms with Gasteiger partial charge in [-0.05, 0) is 48.0 Å². The van der Waals surface area contributed by atoms with Gasteiger partial charge in [0.1, 0.15) is 0 Å². The fourth-order valence-corrected chi connectivity index (χ4v) is 3.79. The predicted octanol–water partition coefficient (Wildman–Crippen LogP) is 4.98. The Bertz CT molecular complexity index is 861. The number of hydrogen-bond donors (Lipinski definition) is 0. The fraction of sp³-hybridized carbons (Fsp3) is 0.190. The van der Waals surface area contributed by atoms with E-state index in [1.54, 1.807) is 0 Å². The van der Waals surface area contributed by atoms with Crippen LogP contribution in [0.15, 0.2) is 66.9 Å². The number of aromatic nitrogens is 1. The maximum absolute atomic E-state index is 6.45. The summed E-state index contributed by atoms with van der Waals surface area (Å²) < 4.78 is 0. The van der Waals surface area contributed by atoms with Gasteiger partial charge in [0.05, 0.1) is 5.69 Å². The Morgan fingerprint density at radius 3 is 2.75 bits per heavy atom. The molecule has 0 saturated heterocycles. The molecular weight excluding hydrogens is 316 g/mol. The van der Waals surface area contributed by atoms with E-state index < -0.39 is 0 Å². The molecule has 2 nitrogen and oxygen atoms in total. The summed E-state index contributed by atoms with van der Waals surface area (Å²) in [7, 11) is 2.15. The molecule has 1 aromatic heterocycles. The van der Waals surface area contributed by atoms with Gasteiger partial charge in [0.2, 0.25) is 0 Å². The summed E-state index contributed by atoms with van der Waals surface area (Å²) in [5, 5.41) is 0.866. The second-order valence-electron chi connectivity index (χ2n) is 6.40. The zero-order valence-corrected chi connectivity index (χ0v) is 14.4. The van der Waals surface area contributed by atoms with Crippen LogP contribution in [0.5, 0.6) is 0 Å². The van der Waals surface area contributed by atoms with Gasteiger partial charge in [0, 0.05) is 35.8 Å². The molecule has 1 aliphatic rings. The topological polar surface area (TPSA) is 16.1 Å². The molecule has 1 aliphatic heterocycles. The summed E-state index contributed by atoms with van der Waals surface area (Å²) in [6.07, 6.45) is 1.84. The van der Waals surface area contributed by atoms with Crippen LogP contribution in [0.2, 0.25) is 5.02 Å². The third kappa shape index (κ3) is 2.83. The standard InChI is InChI=1S/C21H19ClN2/c1-24-13-18(17-8-5-9-20(22)19(17)14-24)15-6-4-7-16(12-15)21-10-2-3-11-23-21/h2-12,18H,13-14H2,1H3/t18-/m0/s1. The molecule has 0 saturated carbocycles. The molecule has 3 aromatic rings. The van der Waals surface area contributed by atoms with Gasteiger partial charge in [0.25, 0.3) is 0 Å². The van der Waals surface area contributed by atoms with E-state index in [1.807, 2.05) is 24.4 Å². The molecule has 0 spiro atoms. The highest BCUT2D eigenvalue weighted by atomic mass is 35.5. The Kier molecular flexibility index (Phi) is 4.09. The molecular formula is C21H19ClN2. The summed E-state index contributed by atoms with van der Waals surface area (Å²) in [5.41, 5.74) is 6.08. The van der Waals surface area contributed by atoms with Crippen LogP contribution in [-0.2, 0) is 6.54 Å². The molecule has 1 atom stereocenters. The van der Waals surface area contributed by atoms with Crippen LogP contribution in [0.1, 0.15) is 22.6 Å². The van der Waals surface area contributed by atoms with Crippen LogP contribution in [0.4, 0.5) is 0 Å². The summed E-state index contributed by atoms with van der Waals surface area (Å²) >= 11 is 6.45. The van der Waals surface area contributed by atoms with Gasteiger partial charge in [0.15, 0.2) is 0 Å². The minimum atomic E-state index is 0.334. The number of benzene rings is 2. The molecule has 2 heterocycles. The van der Waals surface area contributed by atoms with Crippen LogP contribution in [-0.4, -0.2) is 23.5 Å². The molecule has 0 amide bonds. The highest BCUT2D eigenvalue weighted by Gasteiger charge is 2.26. The monoisotopic (exact) mass is 334 g/mol. The molecule has 0 radical (unpaired) electrons. The molecule has 0 N–H and O–H groups in total. The van der Waals surface area contributed by atoms with E-state index in [9.17, 15) is 0 Å². The lowest BCUT2D eigenvalue weighted by Gasteiger charge is -2.33. The SMILES string of the molecule is CN1Cc2c(Cl)cccc2[C@H](c2cccc(-c3ccccn3)c2)C1. The largest absolute Gasteiger partial charge is 0.301 e. The summed E-state index contributed by atoms with van der Waals surface area (Å²) in [6, 6.07) is 21.0. The predicted molar refractivity (Wildman–Crippen MR) is 99.3 cm³/mol. The summed E-state index contributed by atoms with van der Waals surface area (Å²) in [4.78, 5) is 6.82. The van der Waals surface area contributed by atoms with E-state index in [4.69, 9.17) is 11.6 Å². The molecule has 24 heavy (non-hydrogen) atoms. The second kappa shape index (κ2) is 6.39. The van der Waals surface area contributed by atoms with Crippen molar-refractivity contribution in [3.8, 4) is 11.3 Å². The maximum Gasteiger partial charge on any atom is 0.0702 e. The van der Waals surface area contributed by atoms with Gasteiger partial charge in [-0.3, -0.25) is 4.98 Å². The third-order valence-corrected chi connectivity index (χ3v) is 5.06. The highest BCUT2D eigenvalue weighted by Crippen LogP contribution is 2.37. The number of likely N-dealkylation sites (N-methyl/N-ethyl adjacent to an activating group) is 1. The molecule has 0 bridgehead atoms. The zero-order chi connectivity index (χ0) is 16.5. The van der Waals surface area contributed by atoms with E-state index in [2.05, 4.69) is 59.4 Å². The summed E-state index contributed by atoms with van der Waals surface area (Å²) in [5.74, 6) is 0.334. The number of rotatable bonds is 2. The van der Waals surface area contributed by atoms with Crippen LogP contribution >= 0.6 is 11.6 Å². The van der Waals surface area contributed by atoms with E-state index in [-0.39, 0.29) is 0 Å².